The average Bonchev–Trinajstić information content (AvgIpc) is 3.37. The Balaban J connectivity index is 1.38. The van der Waals surface area contributed by atoms with E-state index >= 15 is 0 Å². The largest absolute Gasteiger partial charge is 0.467 e. The van der Waals surface area contributed by atoms with E-state index in [0.717, 1.165) is 49.2 Å². The fourth-order valence-electron chi connectivity index (χ4n) is 3.01. The summed E-state index contributed by atoms with van der Waals surface area (Å²) >= 11 is 0. The molecule has 0 atom stereocenters. The van der Waals surface area contributed by atoms with E-state index in [1.165, 1.54) is 6.26 Å². The summed E-state index contributed by atoms with van der Waals surface area (Å²) in [5.41, 5.74) is 9.32. The third-order valence-corrected chi connectivity index (χ3v) is 4.59. The van der Waals surface area contributed by atoms with Gasteiger partial charge in [-0.05, 0) is 31.4 Å². The first-order chi connectivity index (χ1) is 13.2. The second-order valence-corrected chi connectivity index (χ2v) is 6.69. The van der Waals surface area contributed by atoms with Crippen LogP contribution in [0.1, 0.15) is 41.1 Å². The summed E-state index contributed by atoms with van der Waals surface area (Å²) in [6.45, 7) is 1.02. The highest BCUT2D eigenvalue weighted by molar-refractivity contribution is 5.93. The van der Waals surface area contributed by atoms with Crippen LogP contribution in [0, 0.1) is 0 Å². The molecule has 6 heteroatoms. The van der Waals surface area contributed by atoms with E-state index in [1.54, 1.807) is 11.0 Å². The molecule has 0 aliphatic rings. The Morgan fingerprint density at radius 1 is 1.19 bits per heavy atom. The number of furan rings is 1. The van der Waals surface area contributed by atoms with Crippen LogP contribution in [-0.4, -0.2) is 34.6 Å². The smallest absolute Gasteiger partial charge is 0.256 e. The molecule has 2 aromatic heterocycles. The summed E-state index contributed by atoms with van der Waals surface area (Å²) in [6, 6.07) is 14.0. The van der Waals surface area contributed by atoms with Crippen LogP contribution in [0.2, 0.25) is 0 Å². The number of aromatic amines is 1. The number of benzene rings is 1. The van der Waals surface area contributed by atoms with Crippen molar-refractivity contribution in [3.63, 3.8) is 0 Å². The highest BCUT2D eigenvalue weighted by Gasteiger charge is 2.14. The number of H-pyrrole nitrogens is 1. The number of rotatable bonds is 9. The standard InChI is InChI=1S/C21H26N4O2/c1-25(21(26)17-12-19(14-22)27-15-17)11-7-3-6-10-18-13-20(24-23-18)16-8-4-2-5-9-16/h2,4-5,8-9,12-13,15H,3,6-7,10-11,14,22H2,1H3,(H,23,24). The minimum absolute atomic E-state index is 0.0282. The van der Waals surface area contributed by atoms with Gasteiger partial charge in [0.1, 0.15) is 12.0 Å². The molecule has 6 nitrogen and oxygen atoms in total. The Labute approximate surface area is 159 Å². The summed E-state index contributed by atoms with van der Waals surface area (Å²) in [4.78, 5) is 14.0. The minimum atomic E-state index is -0.0282. The number of hydrogen-bond donors (Lipinski definition) is 2. The number of aromatic nitrogens is 2. The molecule has 0 saturated heterocycles. The van der Waals surface area contributed by atoms with Gasteiger partial charge in [0.25, 0.3) is 5.91 Å². The first kappa shape index (κ1) is 18.9. The molecule has 0 bridgehead atoms. The van der Waals surface area contributed by atoms with Gasteiger partial charge in [-0.3, -0.25) is 9.89 Å². The molecule has 0 radical (unpaired) electrons. The van der Waals surface area contributed by atoms with Crippen molar-refractivity contribution in [1.82, 2.24) is 15.1 Å². The molecular weight excluding hydrogens is 340 g/mol. The number of carbonyl (C=O) groups is 1. The van der Waals surface area contributed by atoms with E-state index < -0.39 is 0 Å². The van der Waals surface area contributed by atoms with Crippen LogP contribution >= 0.6 is 0 Å². The number of nitrogens with one attached hydrogen (secondary N) is 1. The number of carbonyl (C=O) groups excluding carboxylic acids is 1. The molecule has 3 rings (SSSR count). The lowest BCUT2D eigenvalue weighted by Crippen LogP contribution is -2.27. The van der Waals surface area contributed by atoms with E-state index in [1.807, 2.05) is 25.2 Å². The topological polar surface area (TPSA) is 88.2 Å². The lowest BCUT2D eigenvalue weighted by Gasteiger charge is -2.15. The molecule has 3 N–H and O–H groups in total. The Hall–Kier alpha value is -2.86. The minimum Gasteiger partial charge on any atom is -0.467 e. The number of nitrogens with two attached hydrogens (primary N) is 1. The third kappa shape index (κ3) is 5.08. The number of unbranched alkanes of at least 4 members (excludes halogenated alkanes) is 2. The molecule has 0 aliphatic heterocycles. The highest BCUT2D eigenvalue weighted by Crippen LogP contribution is 2.18. The van der Waals surface area contributed by atoms with E-state index in [0.29, 0.717) is 17.9 Å². The van der Waals surface area contributed by atoms with Crippen LogP contribution in [0.25, 0.3) is 11.3 Å². The van der Waals surface area contributed by atoms with E-state index in [9.17, 15) is 4.79 Å². The van der Waals surface area contributed by atoms with Crippen molar-refractivity contribution in [3.05, 3.63) is 65.7 Å². The zero-order valence-corrected chi connectivity index (χ0v) is 15.6. The monoisotopic (exact) mass is 366 g/mol. The molecule has 0 spiro atoms. The van der Waals surface area contributed by atoms with Crippen LogP contribution in [0.5, 0.6) is 0 Å². The van der Waals surface area contributed by atoms with Gasteiger partial charge >= 0.3 is 0 Å². The van der Waals surface area contributed by atoms with Crippen LogP contribution in [-0.2, 0) is 13.0 Å². The second-order valence-electron chi connectivity index (χ2n) is 6.69. The predicted molar refractivity (Wildman–Crippen MR) is 105 cm³/mol. The fourth-order valence-corrected chi connectivity index (χ4v) is 3.01. The SMILES string of the molecule is CN(CCCCCc1cc(-c2ccccc2)n[nH]1)C(=O)c1coc(CN)c1. The van der Waals surface area contributed by atoms with Crippen molar-refractivity contribution >= 4 is 5.91 Å². The van der Waals surface area contributed by atoms with E-state index in [2.05, 4.69) is 28.4 Å². The lowest BCUT2D eigenvalue weighted by atomic mass is 10.1. The Morgan fingerprint density at radius 2 is 2.00 bits per heavy atom. The Morgan fingerprint density at radius 3 is 2.74 bits per heavy atom. The maximum Gasteiger partial charge on any atom is 0.256 e. The van der Waals surface area contributed by atoms with Crippen molar-refractivity contribution < 1.29 is 9.21 Å². The summed E-state index contributed by atoms with van der Waals surface area (Å²) in [6.07, 6.45) is 5.50. The molecule has 0 unspecified atom stereocenters. The van der Waals surface area contributed by atoms with Crippen LogP contribution in [0.15, 0.2) is 53.1 Å². The molecule has 2 heterocycles. The summed E-state index contributed by atoms with van der Waals surface area (Å²) in [5.74, 6) is 0.598. The number of aryl methyl sites for hydroxylation is 1. The molecule has 1 amide bonds. The number of amides is 1. The fraction of sp³-hybridized carbons (Fsp3) is 0.333. The van der Waals surface area contributed by atoms with Gasteiger partial charge in [-0.15, -0.1) is 0 Å². The summed E-state index contributed by atoms with van der Waals surface area (Å²) < 4.78 is 5.23. The molecule has 0 fully saturated rings. The molecule has 0 aliphatic carbocycles. The van der Waals surface area contributed by atoms with Crippen molar-refractivity contribution in [2.45, 2.75) is 32.2 Å². The van der Waals surface area contributed by atoms with Crippen LogP contribution < -0.4 is 5.73 Å². The third-order valence-electron chi connectivity index (χ3n) is 4.59. The summed E-state index contributed by atoms with van der Waals surface area (Å²) in [5, 5.41) is 7.50. The van der Waals surface area contributed by atoms with Crippen molar-refractivity contribution in [2.75, 3.05) is 13.6 Å². The quantitative estimate of drug-likeness (QED) is 0.566. The van der Waals surface area contributed by atoms with Gasteiger partial charge in [0.2, 0.25) is 0 Å². The number of nitrogens with zero attached hydrogens (tertiary/aromatic N) is 2. The maximum atomic E-state index is 12.3. The van der Waals surface area contributed by atoms with Gasteiger partial charge < -0.3 is 15.1 Å². The number of hydrogen-bond acceptors (Lipinski definition) is 4. The second kappa shape index (κ2) is 9.19. The highest BCUT2D eigenvalue weighted by atomic mass is 16.3. The first-order valence-corrected chi connectivity index (χ1v) is 9.30. The van der Waals surface area contributed by atoms with Gasteiger partial charge in [0.05, 0.1) is 17.8 Å². The van der Waals surface area contributed by atoms with Crippen molar-refractivity contribution in [2.24, 2.45) is 5.73 Å². The zero-order chi connectivity index (χ0) is 19.1. The average molecular weight is 366 g/mol. The molecule has 3 aromatic rings. The van der Waals surface area contributed by atoms with E-state index in [-0.39, 0.29) is 5.91 Å². The molecular formula is C21H26N4O2. The molecule has 142 valence electrons. The van der Waals surface area contributed by atoms with E-state index in [4.69, 9.17) is 10.2 Å². The lowest BCUT2D eigenvalue weighted by molar-refractivity contribution is 0.0792. The van der Waals surface area contributed by atoms with Gasteiger partial charge in [-0.25, -0.2) is 0 Å². The molecule has 1 aromatic carbocycles. The van der Waals surface area contributed by atoms with Gasteiger partial charge in [0.15, 0.2) is 0 Å². The summed E-state index contributed by atoms with van der Waals surface area (Å²) in [7, 11) is 1.82. The Kier molecular flexibility index (Phi) is 6.44. The van der Waals surface area contributed by atoms with Gasteiger partial charge in [-0.1, -0.05) is 36.8 Å². The zero-order valence-electron chi connectivity index (χ0n) is 15.6. The predicted octanol–water partition coefficient (Wildman–Crippen LogP) is 3.61. The van der Waals surface area contributed by atoms with Crippen LogP contribution in [0.4, 0.5) is 0 Å². The molecule has 0 saturated carbocycles. The van der Waals surface area contributed by atoms with Gasteiger partial charge in [-0.2, -0.15) is 5.10 Å². The first-order valence-electron chi connectivity index (χ1n) is 9.30. The van der Waals surface area contributed by atoms with Crippen molar-refractivity contribution in [3.8, 4) is 11.3 Å². The van der Waals surface area contributed by atoms with Crippen molar-refractivity contribution in [1.29, 1.82) is 0 Å². The van der Waals surface area contributed by atoms with Gasteiger partial charge in [0, 0.05) is 24.8 Å². The normalized spacial score (nSPS) is 10.9. The maximum absolute atomic E-state index is 12.3. The molecule has 27 heavy (non-hydrogen) atoms. The Bertz CT molecular complexity index is 854. The van der Waals surface area contributed by atoms with Crippen LogP contribution in [0.3, 0.4) is 0 Å².